The van der Waals surface area contributed by atoms with Crippen LogP contribution in [0.15, 0.2) is 18.7 Å². The van der Waals surface area contributed by atoms with Gasteiger partial charge in [0.2, 0.25) is 5.91 Å². The lowest BCUT2D eigenvalue weighted by Gasteiger charge is -2.10. The lowest BCUT2D eigenvalue weighted by atomic mass is 10.2. The van der Waals surface area contributed by atoms with Gasteiger partial charge in [0.1, 0.15) is 0 Å². The number of hydrogen-bond acceptors (Lipinski definition) is 3. The van der Waals surface area contributed by atoms with Crippen molar-refractivity contribution in [3.05, 3.63) is 18.7 Å². The topological polar surface area (TPSA) is 72.9 Å². The van der Waals surface area contributed by atoms with Gasteiger partial charge in [-0.05, 0) is 6.42 Å². The average Bonchev–Trinajstić information content (AvgIpc) is 2.75. The summed E-state index contributed by atoms with van der Waals surface area (Å²) in [5.41, 5.74) is 5.68. The van der Waals surface area contributed by atoms with Crippen molar-refractivity contribution in [3.63, 3.8) is 0 Å². The molecule has 1 unspecified atom stereocenters. The number of carbonyl (C=O) groups is 1. The van der Waals surface area contributed by atoms with Crippen LogP contribution in [0.5, 0.6) is 0 Å². The first-order valence-electron chi connectivity index (χ1n) is 5.20. The van der Waals surface area contributed by atoms with Crippen LogP contribution < -0.4 is 11.1 Å². The zero-order chi connectivity index (χ0) is 11.1. The highest BCUT2D eigenvalue weighted by atomic mass is 16.1. The summed E-state index contributed by atoms with van der Waals surface area (Å²) >= 11 is 0. The summed E-state index contributed by atoms with van der Waals surface area (Å²) in [7, 11) is 0. The highest BCUT2D eigenvalue weighted by molar-refractivity contribution is 5.75. The van der Waals surface area contributed by atoms with E-state index in [1.54, 1.807) is 12.5 Å². The first kappa shape index (κ1) is 11.7. The van der Waals surface area contributed by atoms with Gasteiger partial charge >= 0.3 is 0 Å². The highest BCUT2D eigenvalue weighted by Crippen LogP contribution is 1.91. The second-order valence-electron chi connectivity index (χ2n) is 3.52. The highest BCUT2D eigenvalue weighted by Gasteiger charge is 2.03. The number of rotatable bonds is 6. The molecule has 0 aromatic carbocycles. The zero-order valence-electron chi connectivity index (χ0n) is 9.02. The summed E-state index contributed by atoms with van der Waals surface area (Å²) < 4.78 is 1.87. The lowest BCUT2D eigenvalue weighted by molar-refractivity contribution is -0.121. The Morgan fingerprint density at radius 1 is 1.67 bits per heavy atom. The smallest absolute Gasteiger partial charge is 0.221 e. The summed E-state index contributed by atoms with van der Waals surface area (Å²) in [6, 6.07) is 0.0576. The molecular weight excluding hydrogens is 192 g/mol. The van der Waals surface area contributed by atoms with Gasteiger partial charge in [-0.1, -0.05) is 6.92 Å². The van der Waals surface area contributed by atoms with Gasteiger partial charge in [-0.3, -0.25) is 4.79 Å². The minimum absolute atomic E-state index is 0.0348. The second kappa shape index (κ2) is 6.19. The molecule has 84 valence electrons. The van der Waals surface area contributed by atoms with E-state index in [0.717, 1.165) is 6.42 Å². The Balaban J connectivity index is 2.14. The maximum Gasteiger partial charge on any atom is 0.221 e. The Bertz CT molecular complexity index is 284. The van der Waals surface area contributed by atoms with E-state index in [-0.39, 0.29) is 11.9 Å². The van der Waals surface area contributed by atoms with Crippen LogP contribution in [0.25, 0.3) is 0 Å². The van der Waals surface area contributed by atoms with Crippen molar-refractivity contribution in [1.82, 2.24) is 14.9 Å². The van der Waals surface area contributed by atoms with Crippen LogP contribution in [0, 0.1) is 0 Å². The molecule has 0 aliphatic rings. The summed E-state index contributed by atoms with van der Waals surface area (Å²) in [4.78, 5) is 15.3. The van der Waals surface area contributed by atoms with Crippen LogP contribution in [0.4, 0.5) is 0 Å². The van der Waals surface area contributed by atoms with E-state index >= 15 is 0 Å². The maximum atomic E-state index is 11.4. The Kier molecular flexibility index (Phi) is 4.83. The molecule has 0 spiro atoms. The molecule has 0 saturated carbocycles. The number of nitrogens with one attached hydrogen (secondary N) is 1. The first-order chi connectivity index (χ1) is 7.22. The molecule has 0 aliphatic carbocycles. The van der Waals surface area contributed by atoms with Gasteiger partial charge in [0.25, 0.3) is 0 Å². The zero-order valence-corrected chi connectivity index (χ0v) is 9.02. The van der Waals surface area contributed by atoms with Crippen molar-refractivity contribution in [2.24, 2.45) is 5.73 Å². The molecule has 5 heteroatoms. The quantitative estimate of drug-likeness (QED) is 0.700. The fraction of sp³-hybridized carbons (Fsp3) is 0.600. The molecule has 1 heterocycles. The van der Waals surface area contributed by atoms with Crippen molar-refractivity contribution in [3.8, 4) is 0 Å². The molecule has 5 nitrogen and oxygen atoms in total. The molecular formula is C10H18N4O. The van der Waals surface area contributed by atoms with E-state index in [9.17, 15) is 4.79 Å². The second-order valence-corrected chi connectivity index (χ2v) is 3.52. The van der Waals surface area contributed by atoms with Crippen molar-refractivity contribution in [1.29, 1.82) is 0 Å². The largest absolute Gasteiger partial charge is 0.354 e. The van der Waals surface area contributed by atoms with Crippen LogP contribution >= 0.6 is 0 Å². The Morgan fingerprint density at radius 3 is 3.07 bits per heavy atom. The number of aromatic nitrogens is 2. The van der Waals surface area contributed by atoms with Crippen molar-refractivity contribution in [2.45, 2.75) is 32.4 Å². The SMILES string of the molecule is CCC(N)CNC(=O)CCn1ccnc1. The van der Waals surface area contributed by atoms with Gasteiger partial charge in [-0.2, -0.15) is 0 Å². The number of aryl methyl sites for hydroxylation is 1. The Morgan fingerprint density at radius 2 is 2.47 bits per heavy atom. The molecule has 0 saturated heterocycles. The summed E-state index contributed by atoms with van der Waals surface area (Å²) in [6.45, 7) is 3.22. The molecule has 15 heavy (non-hydrogen) atoms. The fourth-order valence-corrected chi connectivity index (χ4v) is 1.13. The lowest BCUT2D eigenvalue weighted by Crippen LogP contribution is -2.36. The molecule has 1 amide bonds. The van der Waals surface area contributed by atoms with E-state index in [4.69, 9.17) is 5.73 Å². The number of nitrogens with two attached hydrogens (primary N) is 1. The van der Waals surface area contributed by atoms with E-state index in [2.05, 4.69) is 10.3 Å². The number of amides is 1. The van der Waals surface area contributed by atoms with Crippen LogP contribution in [-0.4, -0.2) is 28.0 Å². The number of nitrogens with zero attached hydrogens (tertiary/aromatic N) is 2. The van der Waals surface area contributed by atoms with E-state index < -0.39 is 0 Å². The summed E-state index contributed by atoms with van der Waals surface area (Å²) in [6.07, 6.45) is 6.58. The van der Waals surface area contributed by atoms with Gasteiger partial charge in [0.15, 0.2) is 0 Å². The Hall–Kier alpha value is -1.36. The molecule has 0 fully saturated rings. The van der Waals surface area contributed by atoms with Crippen LogP contribution in [0.1, 0.15) is 19.8 Å². The molecule has 1 aromatic heterocycles. The average molecular weight is 210 g/mol. The molecule has 0 radical (unpaired) electrons. The van der Waals surface area contributed by atoms with E-state index in [1.165, 1.54) is 0 Å². The van der Waals surface area contributed by atoms with Crippen molar-refractivity contribution < 1.29 is 4.79 Å². The molecule has 1 rings (SSSR count). The normalized spacial score (nSPS) is 12.4. The predicted molar refractivity (Wildman–Crippen MR) is 58.1 cm³/mol. The van der Waals surface area contributed by atoms with Crippen LogP contribution in [-0.2, 0) is 11.3 Å². The predicted octanol–water partition coefficient (Wildman–Crippen LogP) is 0.127. The number of imidazole rings is 1. The van der Waals surface area contributed by atoms with E-state index in [1.807, 2.05) is 17.7 Å². The van der Waals surface area contributed by atoms with Gasteiger partial charge in [-0.25, -0.2) is 4.98 Å². The minimum Gasteiger partial charge on any atom is -0.354 e. The van der Waals surface area contributed by atoms with E-state index in [0.29, 0.717) is 19.5 Å². The molecule has 0 bridgehead atoms. The van der Waals surface area contributed by atoms with Crippen molar-refractivity contribution >= 4 is 5.91 Å². The maximum absolute atomic E-state index is 11.4. The monoisotopic (exact) mass is 210 g/mol. The fourth-order valence-electron chi connectivity index (χ4n) is 1.13. The minimum atomic E-state index is 0.0348. The molecule has 1 aromatic rings. The first-order valence-corrected chi connectivity index (χ1v) is 5.20. The molecule has 3 N–H and O–H groups in total. The third-order valence-electron chi connectivity index (χ3n) is 2.24. The summed E-state index contributed by atoms with van der Waals surface area (Å²) in [5, 5.41) is 2.80. The molecule has 0 aliphatic heterocycles. The molecule has 1 atom stereocenters. The van der Waals surface area contributed by atoms with Gasteiger partial charge < -0.3 is 15.6 Å². The van der Waals surface area contributed by atoms with Crippen LogP contribution in [0.3, 0.4) is 0 Å². The van der Waals surface area contributed by atoms with Crippen molar-refractivity contribution in [2.75, 3.05) is 6.54 Å². The van der Waals surface area contributed by atoms with Crippen LogP contribution in [0.2, 0.25) is 0 Å². The summed E-state index contributed by atoms with van der Waals surface area (Å²) in [5.74, 6) is 0.0348. The third kappa shape index (κ3) is 4.60. The Labute approximate surface area is 89.7 Å². The number of hydrogen-bond donors (Lipinski definition) is 2. The van der Waals surface area contributed by atoms with Gasteiger partial charge in [0, 0.05) is 37.9 Å². The number of carbonyl (C=O) groups excluding carboxylic acids is 1. The standard InChI is InChI=1S/C10H18N4O/c1-2-9(11)7-13-10(15)3-5-14-6-4-12-8-14/h4,6,8-9H,2-3,5,7,11H2,1H3,(H,13,15). The third-order valence-corrected chi connectivity index (χ3v) is 2.24. The van der Waals surface area contributed by atoms with Gasteiger partial charge in [0.05, 0.1) is 6.33 Å². The van der Waals surface area contributed by atoms with Gasteiger partial charge in [-0.15, -0.1) is 0 Å².